The van der Waals surface area contributed by atoms with Gasteiger partial charge in [0.1, 0.15) is 13.2 Å². The summed E-state index contributed by atoms with van der Waals surface area (Å²) in [5, 5.41) is 0. The highest BCUT2D eigenvalue weighted by Crippen LogP contribution is 2.15. The molecule has 0 rings (SSSR count). The molecule has 0 aliphatic heterocycles. The fraction of sp³-hybridized carbons (Fsp3) is 0.804. The van der Waals surface area contributed by atoms with Gasteiger partial charge in [0.2, 0.25) is 0 Å². The van der Waals surface area contributed by atoms with Crippen LogP contribution in [0.5, 0.6) is 0 Å². The SMILES string of the molecule is CC/C=C\C/C=C\C/C=C\CCCCCC(=O)OCC(COC(=O)CCCCCCC/C=C\CCCCCCCCC)OC(=O)CCCCCCCCCCCCCCCCC. The van der Waals surface area contributed by atoms with E-state index < -0.39 is 6.10 Å². The third-order valence-corrected chi connectivity index (χ3v) is 11.6. The Kier molecular flexibility index (Phi) is 48.8. The van der Waals surface area contributed by atoms with Crippen molar-refractivity contribution in [3.63, 3.8) is 0 Å². The molecule has 1 unspecified atom stereocenters. The highest BCUT2D eigenvalue weighted by atomic mass is 16.6. The molecule has 0 aliphatic rings. The summed E-state index contributed by atoms with van der Waals surface area (Å²) >= 11 is 0. The quantitative estimate of drug-likeness (QED) is 0.0262. The van der Waals surface area contributed by atoms with E-state index in [4.69, 9.17) is 14.2 Å². The van der Waals surface area contributed by atoms with Gasteiger partial charge in [-0.1, -0.05) is 223 Å². The maximum absolute atomic E-state index is 12.8. The van der Waals surface area contributed by atoms with Gasteiger partial charge in [0.05, 0.1) is 0 Å². The van der Waals surface area contributed by atoms with E-state index in [1.165, 1.54) is 141 Å². The number of rotatable bonds is 48. The first-order chi connectivity index (χ1) is 30.5. The number of ether oxygens (including phenoxy) is 3. The number of unbranched alkanes of at least 4 members (excludes halogenated alkanes) is 29. The second-order valence-electron chi connectivity index (χ2n) is 17.8. The second-order valence-corrected chi connectivity index (χ2v) is 17.8. The first-order valence-corrected chi connectivity index (χ1v) is 26.6. The van der Waals surface area contributed by atoms with Crippen LogP contribution in [-0.4, -0.2) is 37.2 Å². The van der Waals surface area contributed by atoms with Crippen LogP contribution < -0.4 is 0 Å². The molecular formula is C56H100O6. The Labute approximate surface area is 384 Å². The number of allylic oxidation sites excluding steroid dienone is 8. The van der Waals surface area contributed by atoms with Gasteiger partial charge in [0, 0.05) is 19.3 Å². The lowest BCUT2D eigenvalue weighted by Gasteiger charge is -2.18. The Morgan fingerprint density at radius 3 is 1.02 bits per heavy atom. The van der Waals surface area contributed by atoms with Crippen molar-refractivity contribution < 1.29 is 28.6 Å². The summed E-state index contributed by atoms with van der Waals surface area (Å²) in [6.45, 7) is 6.51. The van der Waals surface area contributed by atoms with Crippen molar-refractivity contribution in [3.8, 4) is 0 Å². The molecule has 0 aliphatic carbocycles. The van der Waals surface area contributed by atoms with Crippen LogP contribution in [-0.2, 0) is 28.6 Å². The van der Waals surface area contributed by atoms with E-state index in [1.54, 1.807) is 0 Å². The second kappa shape index (κ2) is 51.0. The van der Waals surface area contributed by atoms with Gasteiger partial charge in [0.25, 0.3) is 0 Å². The van der Waals surface area contributed by atoms with Gasteiger partial charge >= 0.3 is 17.9 Å². The minimum Gasteiger partial charge on any atom is -0.462 e. The topological polar surface area (TPSA) is 78.9 Å². The molecule has 0 amide bonds. The van der Waals surface area contributed by atoms with Crippen LogP contribution in [0, 0.1) is 0 Å². The van der Waals surface area contributed by atoms with Gasteiger partial charge in [-0.25, -0.2) is 0 Å². The monoisotopic (exact) mass is 869 g/mol. The van der Waals surface area contributed by atoms with Crippen LogP contribution in [0.25, 0.3) is 0 Å². The molecule has 0 spiro atoms. The maximum atomic E-state index is 12.8. The predicted octanol–water partition coefficient (Wildman–Crippen LogP) is 17.5. The number of hydrogen-bond acceptors (Lipinski definition) is 6. The minimum atomic E-state index is -0.785. The fourth-order valence-electron chi connectivity index (χ4n) is 7.57. The molecule has 0 aromatic carbocycles. The lowest BCUT2D eigenvalue weighted by atomic mass is 10.0. The molecule has 0 N–H and O–H groups in total. The third kappa shape index (κ3) is 48.4. The molecular weight excluding hydrogens is 769 g/mol. The molecule has 360 valence electrons. The Morgan fingerprint density at radius 2 is 0.629 bits per heavy atom. The summed E-state index contributed by atoms with van der Waals surface area (Å²) < 4.78 is 16.8. The molecule has 6 heteroatoms. The summed E-state index contributed by atoms with van der Waals surface area (Å²) in [7, 11) is 0. The van der Waals surface area contributed by atoms with E-state index >= 15 is 0 Å². The van der Waals surface area contributed by atoms with Gasteiger partial charge in [-0.2, -0.15) is 0 Å². The molecule has 0 aromatic heterocycles. The first-order valence-electron chi connectivity index (χ1n) is 26.6. The zero-order valence-electron chi connectivity index (χ0n) is 41.1. The number of hydrogen-bond donors (Lipinski definition) is 0. The zero-order valence-corrected chi connectivity index (χ0v) is 41.1. The van der Waals surface area contributed by atoms with Gasteiger partial charge in [0.15, 0.2) is 6.10 Å². The van der Waals surface area contributed by atoms with E-state index in [-0.39, 0.29) is 31.1 Å². The van der Waals surface area contributed by atoms with Gasteiger partial charge < -0.3 is 14.2 Å². The van der Waals surface area contributed by atoms with E-state index in [0.29, 0.717) is 19.3 Å². The molecule has 0 saturated heterocycles. The summed E-state index contributed by atoms with van der Waals surface area (Å²) in [5.74, 6) is -0.912. The van der Waals surface area contributed by atoms with Gasteiger partial charge in [-0.05, 0) is 77.0 Å². The average Bonchev–Trinajstić information content (AvgIpc) is 3.27. The van der Waals surface area contributed by atoms with E-state index in [0.717, 1.165) is 89.9 Å². The molecule has 0 saturated carbocycles. The summed E-state index contributed by atoms with van der Waals surface area (Å²) in [6.07, 6.45) is 61.0. The van der Waals surface area contributed by atoms with Crippen LogP contribution in [0.4, 0.5) is 0 Å². The highest BCUT2D eigenvalue weighted by molar-refractivity contribution is 5.71. The number of carbonyl (C=O) groups excluding carboxylic acids is 3. The molecule has 0 heterocycles. The van der Waals surface area contributed by atoms with Crippen LogP contribution in [0.1, 0.15) is 271 Å². The molecule has 0 radical (unpaired) electrons. The van der Waals surface area contributed by atoms with Crippen LogP contribution in [0.3, 0.4) is 0 Å². The Bertz CT molecular complexity index is 1090. The summed E-state index contributed by atoms with van der Waals surface area (Å²) in [4.78, 5) is 38.0. The van der Waals surface area contributed by atoms with Crippen molar-refractivity contribution in [2.45, 2.75) is 277 Å². The fourth-order valence-corrected chi connectivity index (χ4v) is 7.57. The summed E-state index contributed by atoms with van der Waals surface area (Å²) in [6, 6.07) is 0. The zero-order chi connectivity index (χ0) is 45.1. The Balaban J connectivity index is 4.39. The van der Waals surface area contributed by atoms with Crippen molar-refractivity contribution in [2.24, 2.45) is 0 Å². The largest absolute Gasteiger partial charge is 0.462 e. The van der Waals surface area contributed by atoms with E-state index in [9.17, 15) is 14.4 Å². The first kappa shape index (κ1) is 59.4. The van der Waals surface area contributed by atoms with Crippen molar-refractivity contribution in [1.82, 2.24) is 0 Å². The highest BCUT2D eigenvalue weighted by Gasteiger charge is 2.19. The minimum absolute atomic E-state index is 0.0845. The van der Waals surface area contributed by atoms with Crippen LogP contribution >= 0.6 is 0 Å². The summed E-state index contributed by atoms with van der Waals surface area (Å²) in [5.41, 5.74) is 0. The molecule has 0 aromatic rings. The average molecular weight is 869 g/mol. The predicted molar refractivity (Wildman–Crippen MR) is 265 cm³/mol. The molecule has 1 atom stereocenters. The molecule has 0 fully saturated rings. The van der Waals surface area contributed by atoms with Crippen molar-refractivity contribution >= 4 is 17.9 Å². The van der Waals surface area contributed by atoms with E-state index in [1.807, 2.05) is 0 Å². The van der Waals surface area contributed by atoms with Crippen LogP contribution in [0.2, 0.25) is 0 Å². The van der Waals surface area contributed by atoms with Crippen molar-refractivity contribution in [2.75, 3.05) is 13.2 Å². The number of esters is 3. The van der Waals surface area contributed by atoms with Gasteiger partial charge in [-0.15, -0.1) is 0 Å². The molecule has 6 nitrogen and oxygen atoms in total. The smallest absolute Gasteiger partial charge is 0.306 e. The lowest BCUT2D eigenvalue weighted by molar-refractivity contribution is -0.167. The number of carbonyl (C=O) groups is 3. The maximum Gasteiger partial charge on any atom is 0.306 e. The Morgan fingerprint density at radius 1 is 0.339 bits per heavy atom. The molecule has 0 bridgehead atoms. The molecule has 62 heavy (non-hydrogen) atoms. The normalized spacial score (nSPS) is 12.4. The lowest BCUT2D eigenvalue weighted by Crippen LogP contribution is -2.30. The van der Waals surface area contributed by atoms with Crippen molar-refractivity contribution in [1.29, 1.82) is 0 Å². The standard InChI is InChI=1S/C56H100O6/c1-4-7-10-13-16-19-22-25-27-29-31-34-37-40-43-46-49-55(58)61-52-53(51-60-54(57)48-45-42-39-36-33-30-24-21-18-15-12-9-6-3)62-56(59)50-47-44-41-38-35-32-28-26-23-20-17-14-11-8-5-2/h9,12,18,21,27,29-30,33,53H,4-8,10-11,13-17,19-20,22-26,28,31-32,34-52H2,1-3H3/b12-9-,21-18-,29-27-,33-30-. The Hall–Kier alpha value is -2.63. The van der Waals surface area contributed by atoms with Crippen LogP contribution in [0.15, 0.2) is 48.6 Å². The van der Waals surface area contributed by atoms with Crippen molar-refractivity contribution in [3.05, 3.63) is 48.6 Å². The van der Waals surface area contributed by atoms with Gasteiger partial charge in [-0.3, -0.25) is 14.4 Å². The van der Waals surface area contributed by atoms with E-state index in [2.05, 4.69) is 69.4 Å². The third-order valence-electron chi connectivity index (χ3n) is 11.6.